The molecule has 1 fully saturated rings. The molecule has 6 heteroatoms. The molecule has 1 aliphatic rings. The summed E-state index contributed by atoms with van der Waals surface area (Å²) in [6, 6.07) is 10.6. The second kappa shape index (κ2) is 10.0. The van der Waals surface area contributed by atoms with Gasteiger partial charge in [0.15, 0.2) is 0 Å². The van der Waals surface area contributed by atoms with Crippen molar-refractivity contribution in [3.63, 3.8) is 0 Å². The van der Waals surface area contributed by atoms with Crippen molar-refractivity contribution in [2.24, 2.45) is 0 Å². The van der Waals surface area contributed by atoms with Gasteiger partial charge in [-0.3, -0.25) is 9.69 Å². The van der Waals surface area contributed by atoms with Gasteiger partial charge in [-0.05, 0) is 38.4 Å². The largest absolute Gasteiger partial charge is 0.355 e. The quantitative estimate of drug-likeness (QED) is 0.786. The highest BCUT2D eigenvalue weighted by Gasteiger charge is 2.22. The van der Waals surface area contributed by atoms with E-state index in [1.54, 1.807) is 12.4 Å². The molecule has 2 N–H and O–H groups in total. The predicted octanol–water partition coefficient (Wildman–Crippen LogP) is 3.26. The molecule has 1 aromatic carbocycles. The monoisotopic (exact) mass is 367 g/mol. The fraction of sp³-hybridized carbons (Fsp3) is 0.476. The Kier molecular flexibility index (Phi) is 7.16. The van der Waals surface area contributed by atoms with Crippen LogP contribution in [0.5, 0.6) is 0 Å². The van der Waals surface area contributed by atoms with E-state index in [4.69, 9.17) is 0 Å². The Hall–Kier alpha value is -2.47. The summed E-state index contributed by atoms with van der Waals surface area (Å²) in [4.78, 5) is 23.4. The number of benzene rings is 1. The zero-order chi connectivity index (χ0) is 18.9. The molecule has 1 aromatic heterocycles. The van der Waals surface area contributed by atoms with Crippen LogP contribution in [0.4, 0.5) is 5.95 Å². The number of aromatic nitrogens is 2. The molecule has 1 aliphatic heterocycles. The second-order valence-electron chi connectivity index (χ2n) is 6.91. The maximum atomic E-state index is 12.6. The molecule has 2 heterocycles. The van der Waals surface area contributed by atoms with Gasteiger partial charge in [0.25, 0.3) is 5.91 Å². The minimum absolute atomic E-state index is 0.131. The molecule has 144 valence electrons. The Labute approximate surface area is 161 Å². The SMILES string of the molecule is CCNc1ncc(C(=O)NC[C@H](c2ccccc2)N2CCCCCC2)cn1. The summed E-state index contributed by atoms with van der Waals surface area (Å²) < 4.78 is 0. The molecule has 2 aromatic rings. The molecule has 27 heavy (non-hydrogen) atoms. The molecule has 0 radical (unpaired) electrons. The van der Waals surface area contributed by atoms with E-state index in [0.29, 0.717) is 18.1 Å². The zero-order valence-electron chi connectivity index (χ0n) is 16.0. The number of rotatable bonds is 7. The number of likely N-dealkylation sites (tertiary alicyclic amines) is 1. The molecular formula is C21H29N5O. The molecular weight excluding hydrogens is 338 g/mol. The summed E-state index contributed by atoms with van der Waals surface area (Å²) >= 11 is 0. The van der Waals surface area contributed by atoms with E-state index in [0.717, 1.165) is 19.6 Å². The van der Waals surface area contributed by atoms with Crippen LogP contribution < -0.4 is 10.6 Å². The topological polar surface area (TPSA) is 70.2 Å². The minimum atomic E-state index is -0.131. The molecule has 1 amide bonds. The number of amides is 1. The van der Waals surface area contributed by atoms with Crippen LogP contribution >= 0.6 is 0 Å². The van der Waals surface area contributed by atoms with Crippen molar-refractivity contribution in [1.29, 1.82) is 0 Å². The molecule has 0 spiro atoms. The molecule has 0 aliphatic carbocycles. The lowest BCUT2D eigenvalue weighted by atomic mass is 10.0. The lowest BCUT2D eigenvalue weighted by molar-refractivity contribution is 0.0932. The van der Waals surface area contributed by atoms with Gasteiger partial charge in [0, 0.05) is 25.5 Å². The number of anilines is 1. The Morgan fingerprint density at radius 1 is 1.07 bits per heavy atom. The highest BCUT2D eigenvalue weighted by atomic mass is 16.1. The zero-order valence-corrected chi connectivity index (χ0v) is 16.0. The molecule has 0 bridgehead atoms. The number of hydrogen-bond donors (Lipinski definition) is 2. The molecule has 6 nitrogen and oxygen atoms in total. The normalized spacial score (nSPS) is 16.3. The summed E-state index contributed by atoms with van der Waals surface area (Å²) in [7, 11) is 0. The van der Waals surface area contributed by atoms with Crippen molar-refractivity contribution in [2.75, 3.05) is 31.5 Å². The number of carbonyl (C=O) groups excluding carboxylic acids is 1. The molecule has 1 atom stereocenters. The van der Waals surface area contributed by atoms with Crippen LogP contribution in [0.2, 0.25) is 0 Å². The lowest BCUT2D eigenvalue weighted by Crippen LogP contribution is -2.38. The van der Waals surface area contributed by atoms with Crippen molar-refractivity contribution in [2.45, 2.75) is 38.6 Å². The smallest absolute Gasteiger partial charge is 0.254 e. The van der Waals surface area contributed by atoms with Gasteiger partial charge in [-0.15, -0.1) is 0 Å². The Morgan fingerprint density at radius 2 is 1.74 bits per heavy atom. The van der Waals surface area contributed by atoms with E-state index in [2.05, 4.69) is 49.8 Å². The van der Waals surface area contributed by atoms with Crippen LogP contribution in [0.3, 0.4) is 0 Å². The van der Waals surface area contributed by atoms with Crippen LogP contribution in [0.25, 0.3) is 0 Å². The highest BCUT2D eigenvalue weighted by molar-refractivity contribution is 5.93. The average molecular weight is 367 g/mol. The van der Waals surface area contributed by atoms with Gasteiger partial charge in [-0.1, -0.05) is 43.2 Å². The first kappa shape index (κ1) is 19.3. The van der Waals surface area contributed by atoms with Crippen molar-refractivity contribution < 1.29 is 4.79 Å². The maximum absolute atomic E-state index is 12.6. The lowest BCUT2D eigenvalue weighted by Gasteiger charge is -2.31. The van der Waals surface area contributed by atoms with Crippen molar-refractivity contribution in [3.8, 4) is 0 Å². The van der Waals surface area contributed by atoms with Gasteiger partial charge < -0.3 is 10.6 Å². The van der Waals surface area contributed by atoms with Crippen LogP contribution in [0, 0.1) is 0 Å². The molecule has 0 saturated carbocycles. The number of hydrogen-bond acceptors (Lipinski definition) is 5. The first-order chi connectivity index (χ1) is 13.3. The van der Waals surface area contributed by atoms with Crippen molar-refractivity contribution in [1.82, 2.24) is 20.2 Å². The maximum Gasteiger partial charge on any atom is 0.254 e. The van der Waals surface area contributed by atoms with E-state index in [1.165, 1.54) is 31.2 Å². The fourth-order valence-electron chi connectivity index (χ4n) is 3.53. The first-order valence-electron chi connectivity index (χ1n) is 9.91. The van der Waals surface area contributed by atoms with Gasteiger partial charge in [0.1, 0.15) is 0 Å². The van der Waals surface area contributed by atoms with E-state index < -0.39 is 0 Å². The summed E-state index contributed by atoms with van der Waals surface area (Å²) in [5.41, 5.74) is 1.73. The summed E-state index contributed by atoms with van der Waals surface area (Å²) in [5, 5.41) is 6.12. The third-order valence-corrected chi connectivity index (χ3v) is 4.97. The number of carbonyl (C=O) groups is 1. The van der Waals surface area contributed by atoms with E-state index in [-0.39, 0.29) is 11.9 Å². The van der Waals surface area contributed by atoms with Crippen LogP contribution in [0.1, 0.15) is 54.6 Å². The fourth-order valence-corrected chi connectivity index (χ4v) is 3.53. The second-order valence-corrected chi connectivity index (χ2v) is 6.91. The van der Waals surface area contributed by atoms with E-state index in [9.17, 15) is 4.79 Å². The third-order valence-electron chi connectivity index (χ3n) is 4.97. The Balaban J connectivity index is 1.67. The van der Waals surface area contributed by atoms with Crippen molar-refractivity contribution in [3.05, 3.63) is 53.9 Å². The molecule has 3 rings (SSSR count). The van der Waals surface area contributed by atoms with Gasteiger partial charge in [0.05, 0.1) is 11.6 Å². The average Bonchev–Trinajstić information content (AvgIpc) is 2.99. The van der Waals surface area contributed by atoms with E-state index >= 15 is 0 Å². The van der Waals surface area contributed by atoms with Gasteiger partial charge in [0.2, 0.25) is 5.95 Å². The van der Waals surface area contributed by atoms with Crippen LogP contribution in [0.15, 0.2) is 42.7 Å². The van der Waals surface area contributed by atoms with Crippen LogP contribution in [-0.2, 0) is 0 Å². The van der Waals surface area contributed by atoms with Crippen LogP contribution in [-0.4, -0.2) is 47.0 Å². The van der Waals surface area contributed by atoms with Gasteiger partial charge in [-0.2, -0.15) is 0 Å². The standard InChI is InChI=1S/C21H29N5O/c1-2-22-21-24-14-18(15-25-21)20(27)23-16-19(17-10-6-5-7-11-17)26-12-8-3-4-9-13-26/h5-7,10-11,14-15,19H,2-4,8-9,12-13,16H2,1H3,(H,23,27)(H,22,24,25)/t19-/m1/s1. The Bertz CT molecular complexity index is 696. The molecule has 0 unspecified atom stereocenters. The highest BCUT2D eigenvalue weighted by Crippen LogP contribution is 2.23. The van der Waals surface area contributed by atoms with E-state index in [1.807, 2.05) is 13.0 Å². The summed E-state index contributed by atoms with van der Waals surface area (Å²) in [6.07, 6.45) is 8.17. The third kappa shape index (κ3) is 5.50. The summed E-state index contributed by atoms with van der Waals surface area (Å²) in [5.74, 6) is 0.412. The first-order valence-corrected chi connectivity index (χ1v) is 9.91. The number of nitrogens with zero attached hydrogens (tertiary/aromatic N) is 3. The van der Waals surface area contributed by atoms with Gasteiger partial charge in [-0.25, -0.2) is 9.97 Å². The predicted molar refractivity (Wildman–Crippen MR) is 108 cm³/mol. The minimum Gasteiger partial charge on any atom is -0.355 e. The van der Waals surface area contributed by atoms with Crippen molar-refractivity contribution >= 4 is 11.9 Å². The molecule has 1 saturated heterocycles. The summed E-state index contributed by atoms with van der Waals surface area (Å²) in [6.45, 7) is 5.47. The Morgan fingerprint density at radius 3 is 2.37 bits per heavy atom. The number of nitrogens with one attached hydrogen (secondary N) is 2. The van der Waals surface area contributed by atoms with Gasteiger partial charge >= 0.3 is 0 Å².